The second-order valence-corrected chi connectivity index (χ2v) is 8.62. The highest BCUT2D eigenvalue weighted by atomic mass is 32.1. The van der Waals surface area contributed by atoms with Crippen LogP contribution >= 0.6 is 11.3 Å². The maximum absolute atomic E-state index is 12.3. The first-order valence-electron chi connectivity index (χ1n) is 8.47. The molecule has 7 heteroatoms. The van der Waals surface area contributed by atoms with Crippen molar-refractivity contribution in [2.24, 2.45) is 11.3 Å². The zero-order valence-electron chi connectivity index (χ0n) is 15.4. The van der Waals surface area contributed by atoms with Crippen molar-refractivity contribution in [3.63, 3.8) is 0 Å². The Morgan fingerprint density at radius 2 is 2.00 bits per heavy atom. The summed E-state index contributed by atoms with van der Waals surface area (Å²) in [6, 6.07) is 1.26. The molecule has 0 spiro atoms. The zero-order chi connectivity index (χ0) is 18.8. The lowest BCUT2D eigenvalue weighted by molar-refractivity contribution is -0.127. The number of amides is 3. The molecule has 6 nitrogen and oxygen atoms in total. The van der Waals surface area contributed by atoms with Crippen LogP contribution in [0.25, 0.3) is 0 Å². The van der Waals surface area contributed by atoms with Crippen LogP contribution in [0.2, 0.25) is 0 Å². The molecule has 1 aromatic heterocycles. The molecule has 0 bridgehead atoms. The van der Waals surface area contributed by atoms with Crippen LogP contribution in [0.4, 0.5) is 4.79 Å². The van der Waals surface area contributed by atoms with Gasteiger partial charge in [-0.25, -0.2) is 9.59 Å². The van der Waals surface area contributed by atoms with Gasteiger partial charge in [0.05, 0.1) is 0 Å². The number of carbonyl (C=O) groups excluding carboxylic acids is 3. The average Bonchev–Trinajstić information content (AvgIpc) is 2.96. The fraction of sp³-hybridized carbons (Fsp3) is 0.611. The third-order valence-corrected chi connectivity index (χ3v) is 5.84. The van der Waals surface area contributed by atoms with E-state index in [0.29, 0.717) is 10.8 Å². The highest BCUT2D eigenvalue weighted by Crippen LogP contribution is 2.40. The Balaban J connectivity index is 2.01. The number of imide groups is 1. The number of urea groups is 1. The summed E-state index contributed by atoms with van der Waals surface area (Å²) in [5.74, 6) is -0.580. The molecule has 138 valence electrons. The van der Waals surface area contributed by atoms with E-state index < -0.39 is 24.0 Å². The van der Waals surface area contributed by atoms with Gasteiger partial charge in [0.25, 0.3) is 5.91 Å². The minimum absolute atomic E-state index is 0.243. The van der Waals surface area contributed by atoms with Gasteiger partial charge in [-0.3, -0.25) is 10.1 Å². The first-order chi connectivity index (χ1) is 11.6. The maximum Gasteiger partial charge on any atom is 0.349 e. The van der Waals surface area contributed by atoms with Gasteiger partial charge in [0.15, 0.2) is 6.10 Å². The number of thiophene rings is 1. The molecule has 0 radical (unpaired) electrons. The predicted molar refractivity (Wildman–Crippen MR) is 96.8 cm³/mol. The van der Waals surface area contributed by atoms with E-state index in [1.165, 1.54) is 35.7 Å². The zero-order valence-corrected chi connectivity index (χ0v) is 16.2. The Labute approximate surface area is 152 Å². The molecule has 2 N–H and O–H groups in total. The van der Waals surface area contributed by atoms with E-state index in [2.05, 4.69) is 31.4 Å². The van der Waals surface area contributed by atoms with Gasteiger partial charge < -0.3 is 10.1 Å². The maximum atomic E-state index is 12.3. The lowest BCUT2D eigenvalue weighted by Gasteiger charge is -2.33. The van der Waals surface area contributed by atoms with Crippen LogP contribution in [0, 0.1) is 11.3 Å². The fourth-order valence-electron chi connectivity index (χ4n) is 2.91. The van der Waals surface area contributed by atoms with Crippen molar-refractivity contribution >= 4 is 29.2 Å². The molecule has 3 amide bonds. The normalized spacial score (nSPS) is 18.0. The monoisotopic (exact) mass is 366 g/mol. The fourth-order valence-corrected chi connectivity index (χ4v) is 4.00. The summed E-state index contributed by atoms with van der Waals surface area (Å²) in [5, 5.41) is 4.37. The number of hydrogen-bond acceptors (Lipinski definition) is 5. The third kappa shape index (κ3) is 4.81. The van der Waals surface area contributed by atoms with Crippen molar-refractivity contribution in [2.75, 3.05) is 7.05 Å². The minimum atomic E-state index is -1.04. The minimum Gasteiger partial charge on any atom is -0.448 e. The average molecular weight is 366 g/mol. The van der Waals surface area contributed by atoms with Crippen molar-refractivity contribution in [3.05, 3.63) is 21.4 Å². The molecule has 0 aliphatic heterocycles. The number of nitrogens with one attached hydrogen (secondary N) is 2. The summed E-state index contributed by atoms with van der Waals surface area (Å²) in [6.45, 7) is 8.18. The Bertz CT molecular complexity index is 675. The van der Waals surface area contributed by atoms with Crippen molar-refractivity contribution < 1.29 is 19.1 Å². The number of carbonyl (C=O) groups is 3. The summed E-state index contributed by atoms with van der Waals surface area (Å²) in [6.07, 6.45) is 2.03. The number of ether oxygens (including phenoxy) is 1. The highest BCUT2D eigenvalue weighted by Gasteiger charge is 2.31. The second kappa shape index (κ2) is 7.56. The topological polar surface area (TPSA) is 84.5 Å². The summed E-state index contributed by atoms with van der Waals surface area (Å²) in [4.78, 5) is 37.0. The van der Waals surface area contributed by atoms with Gasteiger partial charge in [0.1, 0.15) is 4.88 Å². The van der Waals surface area contributed by atoms with Crippen LogP contribution in [-0.4, -0.2) is 31.1 Å². The molecule has 0 saturated heterocycles. The van der Waals surface area contributed by atoms with E-state index in [-0.39, 0.29) is 5.41 Å². The Kier molecular flexibility index (Phi) is 5.87. The molecular weight excluding hydrogens is 340 g/mol. The van der Waals surface area contributed by atoms with Crippen LogP contribution in [0.3, 0.4) is 0 Å². The summed E-state index contributed by atoms with van der Waals surface area (Å²) in [5.41, 5.74) is 1.46. The number of aryl methyl sites for hydroxylation is 1. The van der Waals surface area contributed by atoms with Gasteiger partial charge in [0.2, 0.25) is 0 Å². The largest absolute Gasteiger partial charge is 0.448 e. The van der Waals surface area contributed by atoms with Gasteiger partial charge in [-0.1, -0.05) is 20.8 Å². The Hall–Kier alpha value is -1.89. The van der Waals surface area contributed by atoms with Crippen LogP contribution in [0.15, 0.2) is 6.07 Å². The van der Waals surface area contributed by atoms with Crippen LogP contribution in [0.5, 0.6) is 0 Å². The Morgan fingerprint density at radius 3 is 2.60 bits per heavy atom. The molecule has 0 saturated carbocycles. The molecule has 2 rings (SSSR count). The number of hydrogen-bond donors (Lipinski definition) is 2. The molecule has 1 aliphatic carbocycles. The van der Waals surface area contributed by atoms with E-state index in [1.807, 2.05) is 6.07 Å². The van der Waals surface area contributed by atoms with Crippen LogP contribution in [0.1, 0.15) is 54.2 Å². The first kappa shape index (κ1) is 19.4. The lowest BCUT2D eigenvalue weighted by Crippen LogP contribution is -2.43. The third-order valence-electron chi connectivity index (χ3n) is 4.63. The van der Waals surface area contributed by atoms with E-state index >= 15 is 0 Å². The van der Waals surface area contributed by atoms with Crippen LogP contribution < -0.4 is 10.6 Å². The number of fused-ring (bicyclic) bond motifs is 1. The SMILES string of the molecule is CNC(=O)NC(=O)[C@H](C)OC(=O)c1cc2c(s1)CC[C@H](C(C)(C)C)C2. The van der Waals surface area contributed by atoms with Gasteiger partial charge in [-0.05, 0) is 49.1 Å². The van der Waals surface area contributed by atoms with Gasteiger partial charge >= 0.3 is 12.0 Å². The smallest absolute Gasteiger partial charge is 0.349 e. The van der Waals surface area contributed by atoms with Gasteiger partial charge in [-0.15, -0.1) is 11.3 Å². The molecular formula is C18H26N2O4S. The summed E-state index contributed by atoms with van der Waals surface area (Å²) >= 11 is 1.44. The van der Waals surface area contributed by atoms with E-state index in [4.69, 9.17) is 4.74 Å². The highest BCUT2D eigenvalue weighted by molar-refractivity contribution is 7.14. The van der Waals surface area contributed by atoms with Gasteiger partial charge in [0, 0.05) is 11.9 Å². The molecule has 1 heterocycles. The van der Waals surface area contributed by atoms with Crippen LogP contribution in [-0.2, 0) is 22.4 Å². The standard InChI is InChI=1S/C18H26N2O4S/c1-10(15(21)20-17(23)19-5)24-16(22)14-9-11-8-12(18(2,3)4)6-7-13(11)25-14/h9-10,12H,6-8H2,1-5H3,(H2,19,20,21,23)/t10-,12-/m0/s1. The van der Waals surface area contributed by atoms with E-state index in [0.717, 1.165) is 19.3 Å². The molecule has 25 heavy (non-hydrogen) atoms. The van der Waals surface area contributed by atoms with Crippen molar-refractivity contribution in [2.45, 2.75) is 53.1 Å². The first-order valence-corrected chi connectivity index (χ1v) is 9.28. The quantitative estimate of drug-likeness (QED) is 0.806. The molecule has 1 aliphatic rings. The summed E-state index contributed by atoms with van der Waals surface area (Å²) in [7, 11) is 1.40. The lowest BCUT2D eigenvalue weighted by atomic mass is 9.72. The molecule has 2 atom stereocenters. The molecule has 1 aromatic rings. The summed E-state index contributed by atoms with van der Waals surface area (Å²) < 4.78 is 5.19. The molecule has 0 aromatic carbocycles. The predicted octanol–water partition coefficient (Wildman–Crippen LogP) is 2.90. The van der Waals surface area contributed by atoms with E-state index in [9.17, 15) is 14.4 Å². The Morgan fingerprint density at radius 1 is 1.32 bits per heavy atom. The molecule has 0 fully saturated rings. The van der Waals surface area contributed by atoms with Crippen molar-refractivity contribution in [3.8, 4) is 0 Å². The van der Waals surface area contributed by atoms with Crippen molar-refractivity contribution in [1.29, 1.82) is 0 Å². The van der Waals surface area contributed by atoms with Crippen molar-refractivity contribution in [1.82, 2.24) is 10.6 Å². The number of rotatable bonds is 3. The second-order valence-electron chi connectivity index (χ2n) is 7.48. The number of esters is 1. The molecule has 0 unspecified atom stereocenters. The van der Waals surface area contributed by atoms with Gasteiger partial charge in [-0.2, -0.15) is 0 Å². The van der Waals surface area contributed by atoms with E-state index in [1.54, 1.807) is 0 Å².